The van der Waals surface area contributed by atoms with Crippen LogP contribution in [0.25, 0.3) is 0 Å². The zero-order chi connectivity index (χ0) is 11.1. The molecular formula is C14H23N. The predicted octanol–water partition coefficient (Wildman–Crippen LogP) is 3.04. The van der Waals surface area contributed by atoms with Crippen LogP contribution >= 0.6 is 0 Å². The first-order valence-corrected chi connectivity index (χ1v) is 5.94. The van der Waals surface area contributed by atoms with Gasteiger partial charge in [0.2, 0.25) is 0 Å². The van der Waals surface area contributed by atoms with E-state index in [2.05, 4.69) is 43.4 Å². The van der Waals surface area contributed by atoms with E-state index in [-0.39, 0.29) is 0 Å². The number of rotatable bonds is 6. The second kappa shape index (κ2) is 6.62. The highest BCUT2D eigenvalue weighted by Crippen LogP contribution is 2.10. The third-order valence-corrected chi connectivity index (χ3v) is 2.56. The Hall–Kier alpha value is -0.820. The summed E-state index contributed by atoms with van der Waals surface area (Å²) in [5.41, 5.74) is 2.92. The van der Waals surface area contributed by atoms with E-state index in [4.69, 9.17) is 0 Å². The van der Waals surface area contributed by atoms with Gasteiger partial charge in [0.05, 0.1) is 0 Å². The highest BCUT2D eigenvalue weighted by atomic mass is 14.8. The third-order valence-electron chi connectivity index (χ3n) is 2.56. The Balaban J connectivity index is 2.42. The van der Waals surface area contributed by atoms with E-state index in [0.717, 1.165) is 12.5 Å². The van der Waals surface area contributed by atoms with Gasteiger partial charge in [-0.3, -0.25) is 0 Å². The van der Waals surface area contributed by atoms with Crippen molar-refractivity contribution in [3.63, 3.8) is 0 Å². The van der Waals surface area contributed by atoms with Crippen molar-refractivity contribution in [3.8, 4) is 0 Å². The van der Waals surface area contributed by atoms with Crippen LogP contribution in [0.1, 0.15) is 31.4 Å². The minimum absolute atomic E-state index is 0.750. The molecule has 0 spiro atoms. The molecule has 0 saturated carbocycles. The van der Waals surface area contributed by atoms with Gasteiger partial charge in [-0.2, -0.15) is 0 Å². The molecule has 0 aliphatic carbocycles. The van der Waals surface area contributed by atoms with E-state index < -0.39 is 0 Å². The van der Waals surface area contributed by atoms with Crippen molar-refractivity contribution in [3.05, 3.63) is 35.4 Å². The molecule has 0 aromatic heterocycles. The van der Waals surface area contributed by atoms with Crippen molar-refractivity contribution < 1.29 is 0 Å². The van der Waals surface area contributed by atoms with Crippen LogP contribution < -0.4 is 5.32 Å². The average molecular weight is 205 g/mol. The molecule has 0 bridgehead atoms. The topological polar surface area (TPSA) is 12.0 Å². The molecule has 0 radical (unpaired) electrons. The van der Waals surface area contributed by atoms with Gasteiger partial charge in [0.25, 0.3) is 0 Å². The van der Waals surface area contributed by atoms with Crippen molar-refractivity contribution >= 4 is 0 Å². The van der Waals surface area contributed by atoms with Crippen molar-refractivity contribution in [2.24, 2.45) is 5.92 Å². The third kappa shape index (κ3) is 4.98. The van der Waals surface area contributed by atoms with E-state index >= 15 is 0 Å². The molecule has 1 rings (SSSR count). The fraction of sp³-hybridized carbons (Fsp3) is 0.571. The average Bonchev–Trinajstić information content (AvgIpc) is 2.20. The lowest BCUT2D eigenvalue weighted by Gasteiger charge is -2.06. The van der Waals surface area contributed by atoms with E-state index in [9.17, 15) is 0 Å². The molecule has 0 unspecified atom stereocenters. The monoisotopic (exact) mass is 205 g/mol. The second-order valence-corrected chi connectivity index (χ2v) is 4.62. The van der Waals surface area contributed by atoms with Crippen LogP contribution in [0.5, 0.6) is 0 Å². The first-order chi connectivity index (χ1) is 7.22. The van der Waals surface area contributed by atoms with E-state index in [1.807, 2.05) is 7.05 Å². The molecule has 0 aliphatic heterocycles. The van der Waals surface area contributed by atoms with Gasteiger partial charge >= 0.3 is 0 Å². The molecule has 0 aliphatic rings. The Labute approximate surface area is 93.9 Å². The molecule has 1 heteroatoms. The number of nitrogens with one attached hydrogen (secondary N) is 1. The van der Waals surface area contributed by atoms with Crippen LogP contribution in [0.3, 0.4) is 0 Å². The zero-order valence-corrected chi connectivity index (χ0v) is 10.2. The summed E-state index contributed by atoms with van der Waals surface area (Å²) in [5.74, 6) is 0.750. The summed E-state index contributed by atoms with van der Waals surface area (Å²) >= 11 is 0. The maximum atomic E-state index is 3.18. The van der Waals surface area contributed by atoms with Gasteiger partial charge in [0, 0.05) is 0 Å². The summed E-state index contributed by atoms with van der Waals surface area (Å²) in [6.45, 7) is 5.63. The molecule has 1 N–H and O–H groups in total. The fourth-order valence-electron chi connectivity index (χ4n) is 1.78. The largest absolute Gasteiger partial charge is 0.320 e. The second-order valence-electron chi connectivity index (χ2n) is 4.62. The minimum Gasteiger partial charge on any atom is -0.320 e. The lowest BCUT2D eigenvalue weighted by molar-refractivity contribution is 0.647. The van der Waals surface area contributed by atoms with Crippen LogP contribution in [0.2, 0.25) is 0 Å². The molecule has 1 nitrogen and oxygen atoms in total. The van der Waals surface area contributed by atoms with E-state index in [1.165, 1.54) is 30.4 Å². The lowest BCUT2D eigenvalue weighted by Crippen LogP contribution is -2.08. The molecule has 0 fully saturated rings. The number of hydrogen-bond donors (Lipinski definition) is 1. The highest BCUT2D eigenvalue weighted by molar-refractivity contribution is 5.22. The molecule has 15 heavy (non-hydrogen) atoms. The summed E-state index contributed by atoms with van der Waals surface area (Å²) in [6.07, 6.45) is 3.60. The van der Waals surface area contributed by atoms with E-state index in [0.29, 0.717) is 0 Å². The van der Waals surface area contributed by atoms with Crippen LogP contribution in [0.15, 0.2) is 24.3 Å². The van der Waals surface area contributed by atoms with Crippen molar-refractivity contribution in [2.45, 2.75) is 33.1 Å². The zero-order valence-electron chi connectivity index (χ0n) is 10.2. The summed E-state index contributed by atoms with van der Waals surface area (Å²) in [4.78, 5) is 0. The molecule has 0 atom stereocenters. The molecule has 0 heterocycles. The van der Waals surface area contributed by atoms with Crippen LogP contribution in [0, 0.1) is 5.92 Å². The van der Waals surface area contributed by atoms with Crippen molar-refractivity contribution in [2.75, 3.05) is 13.6 Å². The predicted molar refractivity (Wildman–Crippen MR) is 67.2 cm³/mol. The number of hydrogen-bond acceptors (Lipinski definition) is 1. The van der Waals surface area contributed by atoms with Crippen LogP contribution in [0.4, 0.5) is 0 Å². The number of benzene rings is 1. The Kier molecular flexibility index (Phi) is 5.41. The van der Waals surface area contributed by atoms with Crippen LogP contribution in [-0.4, -0.2) is 13.6 Å². The minimum atomic E-state index is 0.750. The quantitative estimate of drug-likeness (QED) is 0.704. The van der Waals surface area contributed by atoms with Crippen molar-refractivity contribution in [1.82, 2.24) is 5.32 Å². The number of aryl methyl sites for hydroxylation is 1. The lowest BCUT2D eigenvalue weighted by atomic mass is 10.0. The van der Waals surface area contributed by atoms with Gasteiger partial charge in [0.15, 0.2) is 0 Å². The standard InChI is InChI=1S/C14H23N/c1-12(2)11-14-8-6-13(7-9-14)5-4-10-15-3/h6-9,12,15H,4-5,10-11H2,1-3H3. The summed E-state index contributed by atoms with van der Waals surface area (Å²) in [5, 5.41) is 3.18. The van der Waals surface area contributed by atoms with Crippen LogP contribution in [-0.2, 0) is 12.8 Å². The fourth-order valence-corrected chi connectivity index (χ4v) is 1.78. The Morgan fingerprint density at radius 1 is 1.07 bits per heavy atom. The van der Waals surface area contributed by atoms with Gasteiger partial charge in [-0.15, -0.1) is 0 Å². The maximum absolute atomic E-state index is 3.18. The van der Waals surface area contributed by atoms with E-state index in [1.54, 1.807) is 0 Å². The normalized spacial score (nSPS) is 10.9. The molecule has 84 valence electrons. The summed E-state index contributed by atoms with van der Waals surface area (Å²) in [7, 11) is 2.01. The van der Waals surface area contributed by atoms with Crippen molar-refractivity contribution in [1.29, 1.82) is 0 Å². The SMILES string of the molecule is CNCCCc1ccc(CC(C)C)cc1. The van der Waals surface area contributed by atoms with Gasteiger partial charge in [-0.25, -0.2) is 0 Å². The maximum Gasteiger partial charge on any atom is -0.00488 e. The molecule has 0 amide bonds. The highest BCUT2D eigenvalue weighted by Gasteiger charge is 1.98. The molecule has 0 saturated heterocycles. The Morgan fingerprint density at radius 3 is 2.20 bits per heavy atom. The smallest absolute Gasteiger partial charge is 0.00488 e. The van der Waals surface area contributed by atoms with Gasteiger partial charge in [-0.05, 0) is 49.9 Å². The Bertz CT molecular complexity index is 261. The molecule has 1 aromatic rings. The first kappa shape index (κ1) is 12.3. The van der Waals surface area contributed by atoms with Gasteiger partial charge in [0.1, 0.15) is 0 Å². The summed E-state index contributed by atoms with van der Waals surface area (Å²) < 4.78 is 0. The summed E-state index contributed by atoms with van der Waals surface area (Å²) in [6, 6.07) is 9.09. The Morgan fingerprint density at radius 2 is 1.67 bits per heavy atom. The van der Waals surface area contributed by atoms with Gasteiger partial charge in [-0.1, -0.05) is 38.1 Å². The first-order valence-electron chi connectivity index (χ1n) is 5.94. The molecular weight excluding hydrogens is 182 g/mol. The van der Waals surface area contributed by atoms with Gasteiger partial charge < -0.3 is 5.32 Å². The molecule has 1 aromatic carbocycles.